The average Bonchev–Trinajstić information content (AvgIpc) is 3.31. The highest BCUT2D eigenvalue weighted by atomic mass is 32.2. The Labute approximate surface area is 158 Å². The molecule has 0 bridgehead atoms. The predicted molar refractivity (Wildman–Crippen MR) is 103 cm³/mol. The Hall–Kier alpha value is -2.30. The highest BCUT2D eigenvalue weighted by Gasteiger charge is 2.22. The number of rotatable bonds is 7. The van der Waals surface area contributed by atoms with E-state index < -0.39 is 0 Å². The lowest BCUT2D eigenvalue weighted by atomic mass is 10.3. The number of hydrogen-bond donors (Lipinski definition) is 1. The highest BCUT2D eigenvalue weighted by molar-refractivity contribution is 8.00. The molecule has 3 rings (SSSR count). The number of likely N-dealkylation sites (tertiary alicyclic amines) is 1. The van der Waals surface area contributed by atoms with Gasteiger partial charge in [-0.15, -0.1) is 16.6 Å². The van der Waals surface area contributed by atoms with Crippen molar-refractivity contribution in [2.75, 3.05) is 19.6 Å². The van der Waals surface area contributed by atoms with Gasteiger partial charge in [0.25, 0.3) is 0 Å². The standard InChI is InChI=1S/C19H23N5OS/c1-3-11-20-18(25)15(2)26-19-22-21-17(14-23-12-7-8-13-23)24(19)16-9-5-4-6-10-16/h1,4-6,9-10,15H,7-8,11-14H2,2H3,(H,20,25). The van der Waals surface area contributed by atoms with E-state index >= 15 is 0 Å². The van der Waals surface area contributed by atoms with Gasteiger partial charge in [0.2, 0.25) is 5.91 Å². The first-order valence-electron chi connectivity index (χ1n) is 8.79. The Morgan fingerprint density at radius 3 is 2.73 bits per heavy atom. The van der Waals surface area contributed by atoms with Crippen molar-refractivity contribution in [2.45, 2.75) is 36.7 Å². The fourth-order valence-electron chi connectivity index (χ4n) is 2.95. The van der Waals surface area contributed by atoms with Gasteiger partial charge in [0, 0.05) is 5.69 Å². The molecule has 1 unspecified atom stereocenters. The number of benzene rings is 1. The first-order chi connectivity index (χ1) is 12.7. The highest BCUT2D eigenvalue weighted by Crippen LogP contribution is 2.26. The zero-order valence-corrected chi connectivity index (χ0v) is 15.7. The van der Waals surface area contributed by atoms with Crippen molar-refractivity contribution in [2.24, 2.45) is 0 Å². The lowest BCUT2D eigenvalue weighted by Crippen LogP contribution is -2.31. The van der Waals surface area contributed by atoms with Crippen LogP contribution in [0.25, 0.3) is 5.69 Å². The second-order valence-electron chi connectivity index (χ2n) is 6.24. The van der Waals surface area contributed by atoms with Crippen molar-refractivity contribution in [3.63, 3.8) is 0 Å². The molecular formula is C19H23N5OS. The van der Waals surface area contributed by atoms with Crippen molar-refractivity contribution in [3.8, 4) is 18.0 Å². The number of hydrogen-bond acceptors (Lipinski definition) is 5. The maximum atomic E-state index is 12.1. The molecular weight excluding hydrogens is 346 g/mol. The van der Waals surface area contributed by atoms with Crippen molar-refractivity contribution >= 4 is 17.7 Å². The molecule has 1 saturated heterocycles. The van der Waals surface area contributed by atoms with Gasteiger partial charge in [-0.3, -0.25) is 14.3 Å². The number of amides is 1. The summed E-state index contributed by atoms with van der Waals surface area (Å²) in [4.78, 5) is 14.5. The second-order valence-corrected chi connectivity index (χ2v) is 7.54. The van der Waals surface area contributed by atoms with E-state index in [4.69, 9.17) is 6.42 Å². The summed E-state index contributed by atoms with van der Waals surface area (Å²) < 4.78 is 2.05. The van der Waals surface area contributed by atoms with Gasteiger partial charge in [-0.25, -0.2) is 0 Å². The Balaban J connectivity index is 1.83. The molecule has 1 aliphatic rings. The van der Waals surface area contributed by atoms with Crippen LogP contribution in [0.1, 0.15) is 25.6 Å². The molecule has 1 aliphatic heterocycles. The van der Waals surface area contributed by atoms with Crippen LogP contribution < -0.4 is 5.32 Å². The van der Waals surface area contributed by atoms with E-state index in [9.17, 15) is 4.79 Å². The second kappa shape index (κ2) is 8.88. The third-order valence-corrected chi connectivity index (χ3v) is 5.34. The van der Waals surface area contributed by atoms with Gasteiger partial charge in [-0.05, 0) is 45.0 Å². The molecule has 6 nitrogen and oxygen atoms in total. The van der Waals surface area contributed by atoms with Crippen LogP contribution >= 0.6 is 11.8 Å². The zero-order chi connectivity index (χ0) is 18.4. The Kier molecular flexibility index (Phi) is 6.31. The number of thioether (sulfide) groups is 1. The van der Waals surface area contributed by atoms with E-state index in [-0.39, 0.29) is 17.7 Å². The van der Waals surface area contributed by atoms with Crippen molar-refractivity contribution < 1.29 is 4.79 Å². The first-order valence-corrected chi connectivity index (χ1v) is 9.67. The van der Waals surface area contributed by atoms with Crippen LogP contribution in [0.3, 0.4) is 0 Å². The topological polar surface area (TPSA) is 63.1 Å². The monoisotopic (exact) mass is 369 g/mol. The van der Waals surface area contributed by atoms with Crippen molar-refractivity contribution in [3.05, 3.63) is 36.2 Å². The number of terminal acetylenes is 1. The van der Waals surface area contributed by atoms with Crippen LogP contribution in [0.5, 0.6) is 0 Å². The molecule has 26 heavy (non-hydrogen) atoms. The minimum atomic E-state index is -0.311. The van der Waals surface area contributed by atoms with E-state index in [1.807, 2.05) is 41.8 Å². The molecule has 0 spiro atoms. The van der Waals surface area contributed by atoms with Crippen LogP contribution in [0.4, 0.5) is 0 Å². The smallest absolute Gasteiger partial charge is 0.234 e. The zero-order valence-electron chi connectivity index (χ0n) is 14.9. The van der Waals surface area contributed by atoms with Crippen molar-refractivity contribution in [1.29, 1.82) is 0 Å². The summed E-state index contributed by atoms with van der Waals surface area (Å²) in [6.07, 6.45) is 7.67. The molecule has 1 atom stereocenters. The number of aromatic nitrogens is 3. The average molecular weight is 369 g/mol. The fraction of sp³-hybridized carbons (Fsp3) is 0.421. The number of carbonyl (C=O) groups is 1. The fourth-order valence-corrected chi connectivity index (χ4v) is 3.86. The molecule has 7 heteroatoms. The third-order valence-electron chi connectivity index (χ3n) is 4.29. The van der Waals surface area contributed by atoms with E-state index in [2.05, 4.69) is 26.3 Å². The summed E-state index contributed by atoms with van der Waals surface area (Å²) in [5.41, 5.74) is 1.01. The van der Waals surface area contributed by atoms with Gasteiger partial charge < -0.3 is 5.32 Å². The van der Waals surface area contributed by atoms with E-state index in [0.717, 1.165) is 31.1 Å². The Morgan fingerprint density at radius 1 is 1.31 bits per heavy atom. The van der Waals surface area contributed by atoms with Crippen LogP contribution in [0, 0.1) is 12.3 Å². The summed E-state index contributed by atoms with van der Waals surface area (Å²) in [6, 6.07) is 10.0. The summed E-state index contributed by atoms with van der Waals surface area (Å²) in [7, 11) is 0. The maximum Gasteiger partial charge on any atom is 0.234 e. The SMILES string of the molecule is C#CCNC(=O)C(C)Sc1nnc(CN2CCCC2)n1-c1ccccc1. The molecule has 1 fully saturated rings. The normalized spacial score (nSPS) is 15.5. The largest absolute Gasteiger partial charge is 0.344 e. The van der Waals surface area contributed by atoms with E-state index in [1.54, 1.807) is 0 Å². The van der Waals surface area contributed by atoms with Gasteiger partial charge in [0.1, 0.15) is 0 Å². The molecule has 0 aliphatic carbocycles. The van der Waals surface area contributed by atoms with Gasteiger partial charge >= 0.3 is 0 Å². The summed E-state index contributed by atoms with van der Waals surface area (Å²) in [5.74, 6) is 3.22. The van der Waals surface area contributed by atoms with Crippen LogP contribution in [-0.2, 0) is 11.3 Å². The number of nitrogens with zero attached hydrogens (tertiary/aromatic N) is 4. The number of nitrogens with one attached hydrogen (secondary N) is 1. The van der Waals surface area contributed by atoms with E-state index in [1.165, 1.54) is 24.6 Å². The van der Waals surface area contributed by atoms with Crippen LogP contribution in [-0.4, -0.2) is 50.5 Å². The van der Waals surface area contributed by atoms with E-state index in [0.29, 0.717) is 5.16 Å². The van der Waals surface area contributed by atoms with Crippen LogP contribution in [0.2, 0.25) is 0 Å². The van der Waals surface area contributed by atoms with Crippen molar-refractivity contribution in [1.82, 2.24) is 25.0 Å². The van der Waals surface area contributed by atoms with Gasteiger partial charge in [-0.2, -0.15) is 0 Å². The molecule has 1 amide bonds. The minimum Gasteiger partial charge on any atom is -0.344 e. The Morgan fingerprint density at radius 2 is 2.04 bits per heavy atom. The summed E-state index contributed by atoms with van der Waals surface area (Å²) in [6.45, 7) is 5.03. The summed E-state index contributed by atoms with van der Waals surface area (Å²) >= 11 is 1.39. The molecule has 136 valence electrons. The Bertz CT molecular complexity index is 777. The van der Waals surface area contributed by atoms with Crippen LogP contribution in [0.15, 0.2) is 35.5 Å². The first kappa shape index (κ1) is 18.5. The molecule has 0 radical (unpaired) electrons. The number of carbonyl (C=O) groups excluding carboxylic acids is 1. The molecule has 1 N–H and O–H groups in total. The summed E-state index contributed by atoms with van der Waals surface area (Å²) in [5, 5.41) is 11.9. The van der Waals surface area contributed by atoms with Gasteiger partial charge in [-0.1, -0.05) is 35.9 Å². The third kappa shape index (κ3) is 4.45. The quantitative estimate of drug-likeness (QED) is 0.598. The predicted octanol–water partition coefficient (Wildman–Crippen LogP) is 2.09. The molecule has 2 heterocycles. The van der Waals surface area contributed by atoms with Gasteiger partial charge in [0.05, 0.1) is 18.3 Å². The molecule has 0 saturated carbocycles. The van der Waals surface area contributed by atoms with Gasteiger partial charge in [0.15, 0.2) is 11.0 Å². The lowest BCUT2D eigenvalue weighted by Gasteiger charge is -2.16. The molecule has 2 aromatic rings. The minimum absolute atomic E-state index is 0.100. The lowest BCUT2D eigenvalue weighted by molar-refractivity contribution is -0.120. The molecule has 1 aromatic carbocycles. The molecule has 1 aromatic heterocycles. The maximum absolute atomic E-state index is 12.1. The number of para-hydroxylation sites is 1.